The van der Waals surface area contributed by atoms with Gasteiger partial charge in [-0.15, -0.1) is 11.3 Å². The number of benzene rings is 1. The van der Waals surface area contributed by atoms with E-state index in [1.165, 1.54) is 18.3 Å². The quantitative estimate of drug-likeness (QED) is 0.845. The molecule has 2 aromatic rings. The summed E-state index contributed by atoms with van der Waals surface area (Å²) in [5.74, 6) is -0.494. The molecule has 6 nitrogen and oxygen atoms in total. The van der Waals surface area contributed by atoms with Gasteiger partial charge in [0.1, 0.15) is 5.75 Å². The van der Waals surface area contributed by atoms with E-state index in [9.17, 15) is 9.59 Å². The van der Waals surface area contributed by atoms with E-state index in [1.807, 2.05) is 31.4 Å². The molecule has 7 heteroatoms. The first-order valence-electron chi connectivity index (χ1n) is 7.19. The Morgan fingerprint density at radius 1 is 1.43 bits per heavy atom. The molecule has 1 aliphatic heterocycles. The van der Waals surface area contributed by atoms with Crippen LogP contribution in [0.25, 0.3) is 0 Å². The fourth-order valence-electron chi connectivity index (χ4n) is 2.32. The van der Waals surface area contributed by atoms with E-state index in [1.54, 1.807) is 6.07 Å². The molecule has 0 bridgehead atoms. The zero-order valence-electron chi connectivity index (χ0n) is 13.1. The van der Waals surface area contributed by atoms with E-state index < -0.39 is 17.4 Å². The Labute approximate surface area is 137 Å². The second-order valence-corrected chi connectivity index (χ2v) is 6.69. The molecular weight excluding hydrogens is 314 g/mol. The van der Waals surface area contributed by atoms with Gasteiger partial charge in [0, 0.05) is 5.38 Å². The fourth-order valence-corrected chi connectivity index (χ4v) is 2.93. The fraction of sp³-hybridized carbons (Fsp3) is 0.312. The molecule has 0 fully saturated rings. The third-order valence-corrected chi connectivity index (χ3v) is 4.48. The van der Waals surface area contributed by atoms with Gasteiger partial charge in [-0.05, 0) is 38.5 Å². The van der Waals surface area contributed by atoms with E-state index >= 15 is 0 Å². The lowest BCUT2D eigenvalue weighted by molar-refractivity contribution is -0.146. The minimum Gasteiger partial charge on any atom is -0.466 e. The Bertz CT molecular complexity index is 787. The molecule has 2 amide bonds. The molecule has 0 aliphatic carbocycles. The Morgan fingerprint density at radius 2 is 2.22 bits per heavy atom. The van der Waals surface area contributed by atoms with E-state index in [0.29, 0.717) is 11.4 Å². The van der Waals surface area contributed by atoms with Gasteiger partial charge in [0.2, 0.25) is 0 Å². The van der Waals surface area contributed by atoms with Gasteiger partial charge in [0.15, 0.2) is 0 Å². The van der Waals surface area contributed by atoms with Gasteiger partial charge in [0.05, 0.1) is 22.9 Å². The first-order chi connectivity index (χ1) is 10.9. The molecule has 1 atom stereocenters. The zero-order valence-corrected chi connectivity index (χ0v) is 13.9. The number of nitrogens with one attached hydrogen (secondary N) is 2. The highest BCUT2D eigenvalue weighted by atomic mass is 32.1. The zero-order chi connectivity index (χ0) is 16.6. The number of anilines is 1. The maximum Gasteiger partial charge on any atom is 0.278 e. The average molecular weight is 331 g/mol. The van der Waals surface area contributed by atoms with Crippen LogP contribution in [-0.4, -0.2) is 22.4 Å². The SMILES string of the molecule is Cc1ccc2c(c1)NC(=O)C(C)(C(=O)NCc1csc(C)n1)O2. The van der Waals surface area contributed by atoms with Crippen LogP contribution >= 0.6 is 11.3 Å². The summed E-state index contributed by atoms with van der Waals surface area (Å²) in [5, 5.41) is 8.25. The first kappa shape index (κ1) is 15.5. The Hall–Kier alpha value is -2.41. The van der Waals surface area contributed by atoms with Crippen molar-refractivity contribution in [1.82, 2.24) is 10.3 Å². The van der Waals surface area contributed by atoms with Crippen LogP contribution in [0.5, 0.6) is 5.75 Å². The highest BCUT2D eigenvalue weighted by molar-refractivity contribution is 7.09. The molecule has 0 saturated heterocycles. The van der Waals surface area contributed by atoms with E-state index in [0.717, 1.165) is 16.3 Å². The van der Waals surface area contributed by atoms with Crippen LogP contribution in [0, 0.1) is 13.8 Å². The van der Waals surface area contributed by atoms with Crippen molar-refractivity contribution in [3.05, 3.63) is 39.8 Å². The third kappa shape index (κ3) is 2.92. The summed E-state index contributed by atoms with van der Waals surface area (Å²) in [5.41, 5.74) is 0.736. The van der Waals surface area contributed by atoms with Crippen molar-refractivity contribution in [2.45, 2.75) is 32.9 Å². The Balaban J connectivity index is 1.76. The van der Waals surface area contributed by atoms with E-state index in [-0.39, 0.29) is 6.54 Å². The van der Waals surface area contributed by atoms with Crippen LogP contribution in [0.2, 0.25) is 0 Å². The number of nitrogens with zero attached hydrogens (tertiary/aromatic N) is 1. The number of aromatic nitrogens is 1. The number of hydrogen-bond donors (Lipinski definition) is 2. The molecule has 0 radical (unpaired) electrons. The molecule has 3 rings (SSSR count). The third-order valence-electron chi connectivity index (χ3n) is 3.66. The predicted octanol–water partition coefficient (Wildman–Crippen LogP) is 2.17. The van der Waals surface area contributed by atoms with Crippen LogP contribution in [0.1, 0.15) is 23.2 Å². The summed E-state index contributed by atoms with van der Waals surface area (Å²) >= 11 is 1.51. The number of carbonyl (C=O) groups excluding carboxylic acids is 2. The number of thiazole rings is 1. The molecule has 1 unspecified atom stereocenters. The van der Waals surface area contributed by atoms with Gasteiger partial charge in [-0.3, -0.25) is 9.59 Å². The van der Waals surface area contributed by atoms with Crippen molar-refractivity contribution in [2.75, 3.05) is 5.32 Å². The smallest absolute Gasteiger partial charge is 0.278 e. The average Bonchev–Trinajstić information content (AvgIpc) is 2.92. The highest BCUT2D eigenvalue weighted by Crippen LogP contribution is 2.34. The molecular formula is C16H17N3O3S. The number of hydrogen-bond acceptors (Lipinski definition) is 5. The lowest BCUT2D eigenvalue weighted by Crippen LogP contribution is -2.58. The van der Waals surface area contributed by atoms with Crippen molar-refractivity contribution in [3.63, 3.8) is 0 Å². The van der Waals surface area contributed by atoms with E-state index in [2.05, 4.69) is 15.6 Å². The summed E-state index contributed by atoms with van der Waals surface area (Å²) in [6.45, 7) is 5.54. The minimum absolute atomic E-state index is 0.260. The summed E-state index contributed by atoms with van der Waals surface area (Å²) < 4.78 is 5.70. The molecule has 1 aliphatic rings. The van der Waals surface area contributed by atoms with Gasteiger partial charge in [-0.1, -0.05) is 6.07 Å². The molecule has 1 aromatic carbocycles. The molecule has 23 heavy (non-hydrogen) atoms. The molecule has 1 aromatic heterocycles. The van der Waals surface area contributed by atoms with Gasteiger partial charge in [0.25, 0.3) is 17.4 Å². The normalized spacial score (nSPS) is 19.5. The minimum atomic E-state index is -1.60. The lowest BCUT2D eigenvalue weighted by Gasteiger charge is -2.33. The monoisotopic (exact) mass is 331 g/mol. The van der Waals surface area contributed by atoms with Crippen molar-refractivity contribution in [1.29, 1.82) is 0 Å². The molecule has 0 saturated carbocycles. The molecule has 2 heterocycles. The van der Waals surface area contributed by atoms with Crippen LogP contribution in [-0.2, 0) is 16.1 Å². The van der Waals surface area contributed by atoms with Crippen molar-refractivity contribution < 1.29 is 14.3 Å². The summed E-state index contributed by atoms with van der Waals surface area (Å²) in [6.07, 6.45) is 0. The number of carbonyl (C=O) groups is 2. The van der Waals surface area contributed by atoms with Crippen molar-refractivity contribution in [3.8, 4) is 5.75 Å². The first-order valence-corrected chi connectivity index (χ1v) is 8.07. The number of ether oxygens (including phenoxy) is 1. The summed E-state index contributed by atoms with van der Waals surface area (Å²) in [4.78, 5) is 29.1. The van der Waals surface area contributed by atoms with Gasteiger partial charge in [-0.2, -0.15) is 0 Å². The Kier molecular flexibility index (Phi) is 3.81. The maximum absolute atomic E-state index is 12.5. The number of rotatable bonds is 3. The van der Waals surface area contributed by atoms with Gasteiger partial charge >= 0.3 is 0 Å². The van der Waals surface area contributed by atoms with Gasteiger partial charge < -0.3 is 15.4 Å². The van der Waals surface area contributed by atoms with E-state index in [4.69, 9.17) is 4.74 Å². The topological polar surface area (TPSA) is 80.3 Å². The standard InChI is InChI=1S/C16H17N3O3S/c1-9-4-5-13-12(6-9)19-15(21)16(3,22-13)14(20)17-7-11-8-23-10(2)18-11/h4-6,8H,7H2,1-3H3,(H,17,20)(H,19,21). The van der Waals surface area contributed by atoms with Crippen LogP contribution < -0.4 is 15.4 Å². The number of aryl methyl sites for hydroxylation is 2. The number of amides is 2. The van der Waals surface area contributed by atoms with Crippen LogP contribution in [0.4, 0.5) is 5.69 Å². The highest BCUT2D eigenvalue weighted by Gasteiger charge is 2.47. The predicted molar refractivity (Wildman–Crippen MR) is 87.5 cm³/mol. The second-order valence-electron chi connectivity index (χ2n) is 5.63. The lowest BCUT2D eigenvalue weighted by atomic mass is 10.0. The summed E-state index contributed by atoms with van der Waals surface area (Å²) in [6, 6.07) is 5.43. The van der Waals surface area contributed by atoms with Crippen molar-refractivity contribution in [2.24, 2.45) is 0 Å². The van der Waals surface area contributed by atoms with Gasteiger partial charge in [-0.25, -0.2) is 4.98 Å². The molecule has 2 N–H and O–H groups in total. The van der Waals surface area contributed by atoms with Crippen LogP contribution in [0.3, 0.4) is 0 Å². The maximum atomic E-state index is 12.5. The van der Waals surface area contributed by atoms with Crippen LogP contribution in [0.15, 0.2) is 23.6 Å². The Morgan fingerprint density at radius 3 is 2.91 bits per heavy atom. The van der Waals surface area contributed by atoms with Crippen molar-refractivity contribution >= 4 is 28.8 Å². The molecule has 0 spiro atoms. The largest absolute Gasteiger partial charge is 0.466 e. The second kappa shape index (κ2) is 5.66. The number of fused-ring (bicyclic) bond motifs is 1. The summed E-state index contributed by atoms with van der Waals surface area (Å²) in [7, 11) is 0. The molecule has 120 valence electrons.